The van der Waals surface area contributed by atoms with E-state index in [0.29, 0.717) is 11.1 Å². The van der Waals surface area contributed by atoms with Crippen LogP contribution in [0.15, 0.2) is 30.3 Å². The fourth-order valence-electron chi connectivity index (χ4n) is 2.58. The zero-order valence-corrected chi connectivity index (χ0v) is 13.7. The Kier molecular flexibility index (Phi) is 4.68. The highest BCUT2D eigenvalue weighted by Gasteiger charge is 2.29. The van der Waals surface area contributed by atoms with Crippen molar-refractivity contribution < 1.29 is 22.0 Å². The van der Waals surface area contributed by atoms with Crippen LogP contribution >= 0.6 is 0 Å². The average molecular weight is 386 g/mol. The number of nitrogens with two attached hydrogens (primary N) is 1. The van der Waals surface area contributed by atoms with Crippen molar-refractivity contribution in [3.63, 3.8) is 0 Å². The monoisotopic (exact) mass is 386 g/mol. The molecule has 9 heteroatoms. The summed E-state index contributed by atoms with van der Waals surface area (Å²) in [4.78, 5) is 3.94. The van der Waals surface area contributed by atoms with E-state index in [0.717, 1.165) is 6.07 Å². The Morgan fingerprint density at radius 2 is 1.32 bits per heavy atom. The molecule has 0 aliphatic carbocycles. The van der Waals surface area contributed by atoms with Crippen LogP contribution in [0.5, 0.6) is 0 Å². The maximum absolute atomic E-state index is 14.2. The van der Waals surface area contributed by atoms with Crippen molar-refractivity contribution in [1.29, 1.82) is 10.5 Å². The molecule has 138 valence electrons. The zero-order valence-electron chi connectivity index (χ0n) is 13.7. The minimum atomic E-state index is -2.31. The van der Waals surface area contributed by atoms with Gasteiger partial charge in [-0.2, -0.15) is 10.5 Å². The van der Waals surface area contributed by atoms with Crippen molar-refractivity contribution in [2.24, 2.45) is 0 Å². The summed E-state index contributed by atoms with van der Waals surface area (Å²) in [6.45, 7) is 0. The second kappa shape index (κ2) is 6.97. The van der Waals surface area contributed by atoms with Crippen molar-refractivity contribution in [2.45, 2.75) is 0 Å². The summed E-state index contributed by atoms with van der Waals surface area (Å²) in [6.07, 6.45) is 0. The molecule has 1 aromatic heterocycles. The third-order valence-corrected chi connectivity index (χ3v) is 3.95. The van der Waals surface area contributed by atoms with E-state index in [-0.39, 0.29) is 5.69 Å². The van der Waals surface area contributed by atoms with Gasteiger partial charge >= 0.3 is 0 Å². The summed E-state index contributed by atoms with van der Waals surface area (Å²) in [5, 5.41) is 18.1. The lowest BCUT2D eigenvalue weighted by atomic mass is 9.96. The molecule has 0 fully saturated rings. The first-order chi connectivity index (χ1) is 13.3. The number of hydrogen-bond acceptors (Lipinski definition) is 4. The van der Waals surface area contributed by atoms with Crippen LogP contribution < -0.4 is 5.73 Å². The maximum Gasteiger partial charge on any atom is 0.200 e. The molecule has 0 aliphatic rings. The Bertz CT molecular complexity index is 1160. The first-order valence-electron chi connectivity index (χ1n) is 7.53. The first-order valence-corrected chi connectivity index (χ1v) is 7.53. The van der Waals surface area contributed by atoms with Crippen molar-refractivity contribution in [2.75, 3.05) is 5.73 Å². The number of halogens is 5. The fourth-order valence-corrected chi connectivity index (χ4v) is 2.58. The van der Waals surface area contributed by atoms with Crippen LogP contribution in [-0.2, 0) is 0 Å². The van der Waals surface area contributed by atoms with E-state index in [2.05, 4.69) is 4.98 Å². The smallest absolute Gasteiger partial charge is 0.200 e. The summed E-state index contributed by atoms with van der Waals surface area (Å²) >= 11 is 0. The number of nitriles is 2. The molecular formula is C19H7F5N4. The standard InChI is InChI=1S/C19H7F5N4/c20-14-13(15(21)17(23)18(24)16(14)22)10-5-12(28-19(27)11(10)7-26)9-3-1-8(6-25)2-4-9/h1-5H,(H2,27,28). The van der Waals surface area contributed by atoms with Crippen LogP contribution in [-0.4, -0.2) is 4.98 Å². The molecule has 0 radical (unpaired) electrons. The molecule has 0 aliphatic heterocycles. The SMILES string of the molecule is N#Cc1ccc(-c2cc(-c3c(F)c(F)c(F)c(F)c3F)c(C#N)c(N)n2)cc1. The van der Waals surface area contributed by atoms with Crippen molar-refractivity contribution >= 4 is 5.82 Å². The second-order valence-electron chi connectivity index (χ2n) is 5.56. The minimum Gasteiger partial charge on any atom is -0.383 e. The number of nitrogen functional groups attached to an aromatic ring is 1. The summed E-state index contributed by atoms with van der Waals surface area (Å²) in [6, 6.07) is 10.2. The maximum atomic E-state index is 14.2. The number of hydrogen-bond donors (Lipinski definition) is 1. The van der Waals surface area contributed by atoms with E-state index < -0.39 is 51.6 Å². The molecule has 2 N–H and O–H groups in total. The van der Waals surface area contributed by atoms with Crippen molar-refractivity contribution in [1.82, 2.24) is 4.98 Å². The molecule has 3 aromatic rings. The van der Waals surface area contributed by atoms with Gasteiger partial charge in [-0.05, 0) is 18.2 Å². The van der Waals surface area contributed by atoms with E-state index in [1.54, 1.807) is 6.07 Å². The molecule has 3 rings (SSSR count). The summed E-state index contributed by atoms with van der Waals surface area (Å²) in [7, 11) is 0. The number of aromatic nitrogens is 1. The highest BCUT2D eigenvalue weighted by atomic mass is 19.2. The lowest BCUT2D eigenvalue weighted by Gasteiger charge is -2.13. The molecule has 0 saturated carbocycles. The Morgan fingerprint density at radius 1 is 0.786 bits per heavy atom. The van der Waals surface area contributed by atoms with E-state index in [1.165, 1.54) is 24.3 Å². The molecule has 0 spiro atoms. The van der Waals surface area contributed by atoms with Gasteiger partial charge in [-0.3, -0.25) is 0 Å². The van der Waals surface area contributed by atoms with E-state index in [4.69, 9.17) is 11.0 Å². The Labute approximate surface area is 154 Å². The predicted octanol–water partition coefficient (Wildman–Crippen LogP) is 4.44. The van der Waals surface area contributed by atoms with Gasteiger partial charge in [0.05, 0.1) is 22.9 Å². The average Bonchev–Trinajstić information content (AvgIpc) is 2.70. The number of anilines is 1. The number of benzene rings is 2. The lowest BCUT2D eigenvalue weighted by Crippen LogP contribution is -2.07. The van der Waals surface area contributed by atoms with Gasteiger partial charge in [-0.15, -0.1) is 0 Å². The Hall–Kier alpha value is -3.98. The molecular weight excluding hydrogens is 379 g/mol. The first kappa shape index (κ1) is 18.8. The van der Waals surface area contributed by atoms with Gasteiger partial charge in [0.25, 0.3) is 0 Å². The highest BCUT2D eigenvalue weighted by Crippen LogP contribution is 2.36. The van der Waals surface area contributed by atoms with Crippen LogP contribution in [0.2, 0.25) is 0 Å². The van der Waals surface area contributed by atoms with Crippen molar-refractivity contribution in [3.05, 3.63) is 70.5 Å². The number of rotatable bonds is 2. The molecule has 0 amide bonds. The molecule has 4 nitrogen and oxygen atoms in total. The van der Waals surface area contributed by atoms with Gasteiger partial charge in [0, 0.05) is 11.1 Å². The van der Waals surface area contributed by atoms with Gasteiger partial charge in [-0.1, -0.05) is 12.1 Å². The summed E-state index contributed by atoms with van der Waals surface area (Å²) < 4.78 is 69.0. The van der Waals surface area contributed by atoms with Crippen LogP contribution in [0.4, 0.5) is 27.8 Å². The third-order valence-electron chi connectivity index (χ3n) is 3.95. The quantitative estimate of drug-likeness (QED) is 0.401. The topological polar surface area (TPSA) is 86.5 Å². The number of nitrogens with zero attached hydrogens (tertiary/aromatic N) is 3. The molecule has 0 unspecified atom stereocenters. The van der Waals surface area contributed by atoms with Gasteiger partial charge in [0.15, 0.2) is 23.3 Å². The number of pyridine rings is 1. The lowest BCUT2D eigenvalue weighted by molar-refractivity contribution is 0.381. The largest absolute Gasteiger partial charge is 0.383 e. The van der Waals surface area contributed by atoms with E-state index in [9.17, 15) is 27.2 Å². The van der Waals surface area contributed by atoms with Crippen LogP contribution in [0.3, 0.4) is 0 Å². The van der Waals surface area contributed by atoms with Crippen molar-refractivity contribution in [3.8, 4) is 34.5 Å². The van der Waals surface area contributed by atoms with Crippen LogP contribution in [0.1, 0.15) is 11.1 Å². The van der Waals surface area contributed by atoms with Gasteiger partial charge < -0.3 is 5.73 Å². The molecule has 28 heavy (non-hydrogen) atoms. The zero-order chi connectivity index (χ0) is 20.6. The molecule has 2 aromatic carbocycles. The van der Waals surface area contributed by atoms with Crippen LogP contribution in [0, 0.1) is 51.7 Å². The van der Waals surface area contributed by atoms with Gasteiger partial charge in [0.1, 0.15) is 17.5 Å². The van der Waals surface area contributed by atoms with Gasteiger partial charge in [0.2, 0.25) is 5.82 Å². The minimum absolute atomic E-state index is 0.0138. The second-order valence-corrected chi connectivity index (χ2v) is 5.56. The van der Waals surface area contributed by atoms with Crippen LogP contribution in [0.25, 0.3) is 22.4 Å². The summed E-state index contributed by atoms with van der Waals surface area (Å²) in [5.74, 6) is -11.2. The molecule has 0 saturated heterocycles. The van der Waals surface area contributed by atoms with Gasteiger partial charge in [-0.25, -0.2) is 26.9 Å². The molecule has 0 bridgehead atoms. The molecule has 1 heterocycles. The van der Waals surface area contributed by atoms with E-state index >= 15 is 0 Å². The van der Waals surface area contributed by atoms with E-state index in [1.807, 2.05) is 6.07 Å². The summed E-state index contributed by atoms with van der Waals surface area (Å²) in [5.41, 5.74) is 3.95. The Balaban J connectivity index is 2.35. The third kappa shape index (κ3) is 2.89. The highest BCUT2D eigenvalue weighted by molar-refractivity contribution is 5.81. The fraction of sp³-hybridized carbons (Fsp3) is 0. The normalized spacial score (nSPS) is 10.4. The predicted molar refractivity (Wildman–Crippen MR) is 88.7 cm³/mol. The molecule has 0 atom stereocenters. The Morgan fingerprint density at radius 3 is 1.82 bits per heavy atom.